The Labute approximate surface area is 152 Å². The Bertz CT molecular complexity index is 289. The topological polar surface area (TPSA) is 3.24 Å². The van der Waals surface area contributed by atoms with Crippen LogP contribution in [-0.2, 0) is 0 Å². The van der Waals surface area contributed by atoms with Crippen molar-refractivity contribution < 1.29 is 0 Å². The molecule has 1 saturated heterocycles. The third-order valence-corrected chi connectivity index (χ3v) is 8.18. The van der Waals surface area contributed by atoms with Gasteiger partial charge in [0.25, 0.3) is 0 Å². The highest BCUT2D eigenvalue weighted by atomic mass is 127. The molecule has 22 heavy (non-hydrogen) atoms. The molecular formula is C20H36IN. The van der Waals surface area contributed by atoms with Gasteiger partial charge in [-0.3, -0.25) is 0 Å². The highest BCUT2D eigenvalue weighted by Gasteiger charge is 2.46. The fourth-order valence-electron chi connectivity index (χ4n) is 5.55. The summed E-state index contributed by atoms with van der Waals surface area (Å²) >= 11 is 2.74. The van der Waals surface area contributed by atoms with Gasteiger partial charge in [-0.25, -0.2) is 3.11 Å². The van der Waals surface area contributed by atoms with E-state index in [4.69, 9.17) is 0 Å². The molecule has 4 atom stereocenters. The molecule has 3 rings (SSSR count). The lowest BCUT2D eigenvalue weighted by Crippen LogP contribution is -2.29. The molecule has 128 valence electrons. The van der Waals surface area contributed by atoms with Gasteiger partial charge >= 0.3 is 0 Å². The maximum Gasteiger partial charge on any atom is 0.0228 e. The molecule has 0 bridgehead atoms. The minimum Gasteiger partial charge on any atom is -0.241 e. The number of rotatable bonds is 0. The number of hydrogen-bond donors (Lipinski definition) is 0. The summed E-state index contributed by atoms with van der Waals surface area (Å²) in [5, 5.41) is 0. The standard InChI is InChI=1S/C20H36IN/c21-22-19-15-11-7-3-1-5-9-13-17(19)18-14-10-6-2-4-8-12-16-20(18)22/h17-20H,1-16H2. The van der Waals surface area contributed by atoms with Crippen molar-refractivity contribution in [2.24, 2.45) is 11.8 Å². The molecule has 1 aliphatic heterocycles. The first-order chi connectivity index (χ1) is 10.9. The maximum atomic E-state index is 2.84. The molecule has 1 nitrogen and oxygen atoms in total. The van der Waals surface area contributed by atoms with Gasteiger partial charge in [0.1, 0.15) is 0 Å². The van der Waals surface area contributed by atoms with Crippen molar-refractivity contribution in [2.75, 3.05) is 0 Å². The van der Waals surface area contributed by atoms with Crippen LogP contribution in [0.15, 0.2) is 0 Å². The first-order valence-corrected chi connectivity index (χ1v) is 11.3. The SMILES string of the molecule is IN1C2CCCCCCCCC2C2CCCCCCCCC21. The van der Waals surface area contributed by atoms with Crippen LogP contribution in [0.4, 0.5) is 0 Å². The third-order valence-electron chi connectivity index (χ3n) is 6.75. The van der Waals surface area contributed by atoms with Crippen LogP contribution in [0.1, 0.15) is 103 Å². The summed E-state index contributed by atoms with van der Waals surface area (Å²) in [5.41, 5.74) is 0. The smallest absolute Gasteiger partial charge is 0.0228 e. The monoisotopic (exact) mass is 417 g/mol. The zero-order chi connectivity index (χ0) is 15.2. The van der Waals surface area contributed by atoms with E-state index in [9.17, 15) is 0 Å². The zero-order valence-electron chi connectivity index (χ0n) is 14.4. The number of hydrogen-bond acceptors (Lipinski definition) is 1. The minimum absolute atomic E-state index is 0.912. The molecule has 0 aromatic heterocycles. The summed E-state index contributed by atoms with van der Waals surface area (Å²) in [7, 11) is 0. The Balaban J connectivity index is 1.71. The predicted molar refractivity (Wildman–Crippen MR) is 104 cm³/mol. The van der Waals surface area contributed by atoms with Crippen LogP contribution in [0.3, 0.4) is 0 Å². The van der Waals surface area contributed by atoms with Crippen LogP contribution in [0, 0.1) is 11.8 Å². The van der Waals surface area contributed by atoms with Crippen LogP contribution in [0.25, 0.3) is 0 Å². The number of nitrogens with zero attached hydrogens (tertiary/aromatic N) is 1. The molecule has 2 aliphatic carbocycles. The highest BCUT2D eigenvalue weighted by Crippen LogP contribution is 2.47. The second kappa shape index (κ2) is 9.25. The van der Waals surface area contributed by atoms with E-state index in [1.54, 1.807) is 0 Å². The fraction of sp³-hybridized carbons (Fsp3) is 1.00. The van der Waals surface area contributed by atoms with Gasteiger partial charge in [0, 0.05) is 34.9 Å². The van der Waals surface area contributed by atoms with Gasteiger partial charge in [0.2, 0.25) is 0 Å². The third kappa shape index (κ3) is 4.40. The van der Waals surface area contributed by atoms with E-state index in [0.29, 0.717) is 0 Å². The number of halogens is 1. The van der Waals surface area contributed by atoms with Crippen molar-refractivity contribution in [2.45, 2.75) is 115 Å². The maximum absolute atomic E-state index is 2.84. The lowest BCUT2D eigenvalue weighted by Gasteiger charge is -2.27. The summed E-state index contributed by atoms with van der Waals surface area (Å²) in [5.74, 6) is 2.05. The molecule has 0 spiro atoms. The molecule has 3 aliphatic rings. The van der Waals surface area contributed by atoms with E-state index >= 15 is 0 Å². The molecule has 0 N–H and O–H groups in total. The van der Waals surface area contributed by atoms with Crippen LogP contribution >= 0.6 is 22.9 Å². The summed E-state index contributed by atoms with van der Waals surface area (Å²) in [4.78, 5) is 0. The average Bonchev–Trinajstić information content (AvgIpc) is 2.80. The van der Waals surface area contributed by atoms with Gasteiger partial charge in [-0.2, -0.15) is 0 Å². The molecule has 0 radical (unpaired) electrons. The molecule has 0 aromatic rings. The minimum atomic E-state index is 0.912. The van der Waals surface area contributed by atoms with Crippen molar-refractivity contribution in [3.63, 3.8) is 0 Å². The molecule has 3 fully saturated rings. The summed E-state index contributed by atoms with van der Waals surface area (Å²) in [6.45, 7) is 0. The van der Waals surface area contributed by atoms with Crippen molar-refractivity contribution in [1.29, 1.82) is 0 Å². The van der Waals surface area contributed by atoms with Crippen molar-refractivity contribution in [3.8, 4) is 0 Å². The quantitative estimate of drug-likeness (QED) is 0.306. The predicted octanol–water partition coefficient (Wildman–Crippen LogP) is 6.89. The molecule has 0 aromatic carbocycles. The normalized spacial score (nSPS) is 39.7. The van der Waals surface area contributed by atoms with Gasteiger partial charge in [-0.1, -0.05) is 77.0 Å². The summed E-state index contributed by atoms with van der Waals surface area (Å²) in [6.07, 6.45) is 24.0. The van der Waals surface area contributed by atoms with Gasteiger partial charge in [-0.15, -0.1) is 0 Å². The largest absolute Gasteiger partial charge is 0.241 e. The second-order valence-corrected chi connectivity index (χ2v) is 9.32. The van der Waals surface area contributed by atoms with E-state index in [1.165, 1.54) is 103 Å². The Morgan fingerprint density at radius 1 is 0.455 bits per heavy atom. The molecule has 0 amide bonds. The van der Waals surface area contributed by atoms with E-state index < -0.39 is 0 Å². The Morgan fingerprint density at radius 2 is 0.773 bits per heavy atom. The van der Waals surface area contributed by atoms with Gasteiger partial charge in [-0.05, 0) is 37.5 Å². The summed E-state index contributed by atoms with van der Waals surface area (Å²) < 4.78 is 2.84. The first kappa shape index (κ1) is 17.5. The van der Waals surface area contributed by atoms with Gasteiger partial charge in [0.05, 0.1) is 0 Å². The first-order valence-electron chi connectivity index (χ1n) is 10.3. The van der Waals surface area contributed by atoms with Crippen LogP contribution in [-0.4, -0.2) is 15.2 Å². The van der Waals surface area contributed by atoms with Crippen molar-refractivity contribution in [1.82, 2.24) is 3.11 Å². The zero-order valence-corrected chi connectivity index (χ0v) is 16.6. The molecule has 2 saturated carbocycles. The Morgan fingerprint density at radius 3 is 1.18 bits per heavy atom. The van der Waals surface area contributed by atoms with Crippen molar-refractivity contribution in [3.05, 3.63) is 0 Å². The van der Waals surface area contributed by atoms with Gasteiger partial charge in [0.15, 0.2) is 0 Å². The van der Waals surface area contributed by atoms with Gasteiger partial charge < -0.3 is 0 Å². The molecule has 1 heterocycles. The highest BCUT2D eigenvalue weighted by molar-refractivity contribution is 14.1. The average molecular weight is 417 g/mol. The van der Waals surface area contributed by atoms with E-state index in [1.807, 2.05) is 0 Å². The molecular weight excluding hydrogens is 381 g/mol. The Hall–Kier alpha value is 0.690. The summed E-state index contributed by atoms with van der Waals surface area (Å²) in [6, 6.07) is 1.82. The Kier molecular flexibility index (Phi) is 7.36. The molecule has 2 heteroatoms. The second-order valence-electron chi connectivity index (χ2n) is 8.20. The van der Waals surface area contributed by atoms with Crippen LogP contribution < -0.4 is 0 Å². The van der Waals surface area contributed by atoms with E-state index in [-0.39, 0.29) is 0 Å². The van der Waals surface area contributed by atoms with Crippen LogP contribution in [0.5, 0.6) is 0 Å². The lowest BCUT2D eigenvalue weighted by atomic mass is 9.77. The van der Waals surface area contributed by atoms with Crippen molar-refractivity contribution >= 4 is 22.9 Å². The number of fused-ring (bicyclic) bond motifs is 3. The van der Waals surface area contributed by atoms with E-state index in [2.05, 4.69) is 26.0 Å². The van der Waals surface area contributed by atoms with Crippen LogP contribution in [0.2, 0.25) is 0 Å². The fourth-order valence-corrected chi connectivity index (χ4v) is 6.93. The lowest BCUT2D eigenvalue weighted by molar-refractivity contribution is 0.265. The molecule has 4 unspecified atom stereocenters. The van der Waals surface area contributed by atoms with E-state index in [0.717, 1.165) is 23.9 Å².